The molecule has 1 aliphatic carbocycles. The van der Waals surface area contributed by atoms with Gasteiger partial charge in [-0.25, -0.2) is 4.39 Å². The lowest BCUT2D eigenvalue weighted by Gasteiger charge is -2.35. The van der Waals surface area contributed by atoms with Crippen LogP contribution in [0.1, 0.15) is 49.8 Å². The third-order valence-electron chi connectivity index (χ3n) is 8.03. The molecule has 5 heterocycles. The fourth-order valence-electron chi connectivity index (χ4n) is 6.67. The van der Waals surface area contributed by atoms with Crippen molar-refractivity contribution in [2.24, 2.45) is 11.8 Å². The van der Waals surface area contributed by atoms with Crippen LogP contribution >= 0.6 is 0 Å². The first-order valence-corrected chi connectivity index (χ1v) is 11.6. The minimum atomic E-state index is -0.730. The van der Waals surface area contributed by atoms with Gasteiger partial charge in [-0.3, -0.25) is 4.90 Å². The van der Waals surface area contributed by atoms with Crippen LogP contribution in [-0.2, 0) is 13.0 Å². The Kier molecular flexibility index (Phi) is 4.45. The largest absolute Gasteiger partial charge is 0.461 e. The number of piperidine rings is 1. The summed E-state index contributed by atoms with van der Waals surface area (Å²) in [5, 5.41) is 3.44. The van der Waals surface area contributed by atoms with E-state index in [2.05, 4.69) is 15.1 Å². The third-order valence-corrected chi connectivity index (χ3v) is 8.03. The lowest BCUT2D eigenvalue weighted by Crippen LogP contribution is -2.44. The number of rotatable bonds is 4. The van der Waals surface area contributed by atoms with E-state index in [4.69, 9.17) is 14.7 Å². The molecule has 29 heavy (non-hydrogen) atoms. The van der Waals surface area contributed by atoms with Crippen LogP contribution in [0.5, 0.6) is 6.01 Å². The maximum Gasteiger partial charge on any atom is 0.318 e. The molecule has 4 aliphatic heterocycles. The number of hydrogen-bond donors (Lipinski definition) is 1. The monoisotopic (exact) mass is 401 g/mol. The maximum atomic E-state index is 14.1. The van der Waals surface area contributed by atoms with E-state index in [1.165, 1.54) is 24.8 Å². The number of aromatic nitrogens is 2. The summed E-state index contributed by atoms with van der Waals surface area (Å²) in [5.74, 6) is 2.74. The van der Waals surface area contributed by atoms with Gasteiger partial charge >= 0.3 is 6.01 Å². The first-order valence-electron chi connectivity index (χ1n) is 11.6. The van der Waals surface area contributed by atoms with E-state index in [-0.39, 0.29) is 5.54 Å². The third kappa shape index (κ3) is 3.21. The lowest BCUT2D eigenvalue weighted by atomic mass is 9.95. The molecule has 7 heteroatoms. The standard InChI is InChI=1S/C22H32FN5O/c23-17-9-22(5-1-7-28(22)13-17)14-29-21-25-19-10-24-6-4-18(19)20(26-21)27-11-15-2-3-16(8-15)12-27/h15-17,24H,1-14H2/t15?,16?,17-,22+/m1/s1. The van der Waals surface area contributed by atoms with Gasteiger partial charge in [0, 0.05) is 38.2 Å². The summed E-state index contributed by atoms with van der Waals surface area (Å²) in [6.45, 7) is 6.05. The van der Waals surface area contributed by atoms with Crippen LogP contribution in [0.3, 0.4) is 0 Å². The van der Waals surface area contributed by atoms with Crippen molar-refractivity contribution in [2.45, 2.75) is 63.2 Å². The average Bonchev–Trinajstić information content (AvgIpc) is 3.36. The number of nitrogens with zero attached hydrogens (tertiary/aromatic N) is 4. The van der Waals surface area contributed by atoms with Gasteiger partial charge in [0.15, 0.2) is 0 Å². The van der Waals surface area contributed by atoms with Gasteiger partial charge in [0.25, 0.3) is 0 Å². The van der Waals surface area contributed by atoms with Crippen LogP contribution < -0.4 is 15.0 Å². The highest BCUT2D eigenvalue weighted by Crippen LogP contribution is 2.41. The Hall–Kier alpha value is -1.47. The van der Waals surface area contributed by atoms with Crippen molar-refractivity contribution in [3.8, 4) is 6.01 Å². The molecule has 4 fully saturated rings. The van der Waals surface area contributed by atoms with Gasteiger partial charge in [0.2, 0.25) is 0 Å². The minimum absolute atomic E-state index is 0.151. The van der Waals surface area contributed by atoms with Crippen LogP contribution in [0.2, 0.25) is 0 Å². The van der Waals surface area contributed by atoms with Crippen molar-refractivity contribution in [1.82, 2.24) is 20.2 Å². The molecule has 0 radical (unpaired) electrons. The van der Waals surface area contributed by atoms with Crippen LogP contribution in [-0.4, -0.2) is 65.9 Å². The number of ether oxygens (including phenoxy) is 1. The number of alkyl halides is 1. The zero-order valence-electron chi connectivity index (χ0n) is 17.2. The number of hydrogen-bond acceptors (Lipinski definition) is 6. The van der Waals surface area contributed by atoms with Gasteiger partial charge < -0.3 is 15.0 Å². The summed E-state index contributed by atoms with van der Waals surface area (Å²) >= 11 is 0. The van der Waals surface area contributed by atoms with Crippen molar-refractivity contribution in [3.63, 3.8) is 0 Å². The topological polar surface area (TPSA) is 53.5 Å². The van der Waals surface area contributed by atoms with Crippen molar-refractivity contribution in [1.29, 1.82) is 0 Å². The highest BCUT2D eigenvalue weighted by atomic mass is 19.1. The summed E-state index contributed by atoms with van der Waals surface area (Å²) in [4.78, 5) is 14.5. The highest BCUT2D eigenvalue weighted by molar-refractivity contribution is 5.52. The number of nitrogens with one attached hydrogen (secondary N) is 1. The molecule has 158 valence electrons. The van der Waals surface area contributed by atoms with Crippen molar-refractivity contribution in [3.05, 3.63) is 11.3 Å². The Morgan fingerprint density at radius 1 is 1.17 bits per heavy atom. The van der Waals surface area contributed by atoms with Crippen LogP contribution in [0.15, 0.2) is 0 Å². The quantitative estimate of drug-likeness (QED) is 0.836. The molecule has 2 unspecified atom stereocenters. The molecule has 1 aromatic heterocycles. The van der Waals surface area contributed by atoms with Gasteiger partial charge in [0.05, 0.1) is 11.2 Å². The van der Waals surface area contributed by atoms with Gasteiger partial charge in [-0.15, -0.1) is 0 Å². The second-order valence-corrected chi connectivity index (χ2v) is 10.00. The zero-order valence-corrected chi connectivity index (χ0v) is 17.2. The van der Waals surface area contributed by atoms with Gasteiger partial charge in [-0.2, -0.15) is 9.97 Å². The summed E-state index contributed by atoms with van der Waals surface area (Å²) in [6.07, 6.45) is 7.10. The summed E-state index contributed by atoms with van der Waals surface area (Å²) in [7, 11) is 0. The zero-order chi connectivity index (χ0) is 19.4. The summed E-state index contributed by atoms with van der Waals surface area (Å²) in [5.41, 5.74) is 2.24. The Morgan fingerprint density at radius 3 is 2.90 bits per heavy atom. The molecule has 1 aromatic rings. The SMILES string of the molecule is F[C@H]1CN2CCC[C@@]2(COc2nc3c(c(N4CC5CCC(C5)C4)n2)CCNC3)C1. The normalized spacial score (nSPS) is 36.3. The molecule has 1 saturated carbocycles. The number of halogens is 1. The first-order chi connectivity index (χ1) is 14.2. The highest BCUT2D eigenvalue weighted by Gasteiger charge is 2.49. The van der Waals surface area contributed by atoms with E-state index in [0.717, 1.165) is 75.3 Å². The molecule has 0 amide bonds. The van der Waals surface area contributed by atoms with Crippen molar-refractivity contribution >= 4 is 5.82 Å². The molecule has 5 aliphatic rings. The van der Waals surface area contributed by atoms with Crippen LogP contribution in [0.25, 0.3) is 0 Å². The maximum absolute atomic E-state index is 14.1. The predicted octanol–water partition coefficient (Wildman–Crippen LogP) is 2.31. The second kappa shape index (κ2) is 7.05. The molecule has 6 rings (SSSR count). The van der Waals surface area contributed by atoms with E-state index in [9.17, 15) is 4.39 Å². The van der Waals surface area contributed by atoms with Gasteiger partial charge in [0.1, 0.15) is 18.6 Å². The Bertz CT molecular complexity index is 779. The summed E-state index contributed by atoms with van der Waals surface area (Å²) < 4.78 is 20.3. The Morgan fingerprint density at radius 2 is 2.03 bits per heavy atom. The van der Waals surface area contributed by atoms with E-state index in [1.807, 2.05) is 0 Å². The summed E-state index contributed by atoms with van der Waals surface area (Å²) in [6, 6.07) is 0.490. The van der Waals surface area contributed by atoms with Gasteiger partial charge in [-0.05, 0) is 63.5 Å². The van der Waals surface area contributed by atoms with E-state index in [0.29, 0.717) is 25.6 Å². The molecule has 2 bridgehead atoms. The van der Waals surface area contributed by atoms with Crippen molar-refractivity contribution in [2.75, 3.05) is 44.2 Å². The predicted molar refractivity (Wildman–Crippen MR) is 109 cm³/mol. The Labute approximate surface area is 172 Å². The molecule has 4 atom stereocenters. The minimum Gasteiger partial charge on any atom is -0.461 e. The van der Waals surface area contributed by atoms with Crippen LogP contribution in [0, 0.1) is 11.8 Å². The fraction of sp³-hybridized carbons (Fsp3) is 0.818. The first kappa shape index (κ1) is 18.3. The van der Waals surface area contributed by atoms with E-state index in [1.54, 1.807) is 0 Å². The molecule has 6 nitrogen and oxygen atoms in total. The smallest absolute Gasteiger partial charge is 0.318 e. The second-order valence-electron chi connectivity index (χ2n) is 10.00. The number of fused-ring (bicyclic) bond motifs is 4. The molecular formula is C22H32FN5O. The molecule has 3 saturated heterocycles. The average molecular weight is 402 g/mol. The Balaban J connectivity index is 1.27. The molecule has 0 aromatic carbocycles. The molecule has 1 N–H and O–H groups in total. The molecule has 0 spiro atoms. The number of anilines is 1. The lowest BCUT2D eigenvalue weighted by molar-refractivity contribution is 0.107. The fourth-order valence-corrected chi connectivity index (χ4v) is 6.67. The molecular weight excluding hydrogens is 369 g/mol. The van der Waals surface area contributed by atoms with Crippen LogP contribution in [0.4, 0.5) is 10.2 Å². The van der Waals surface area contributed by atoms with E-state index >= 15 is 0 Å². The van der Waals surface area contributed by atoms with Crippen molar-refractivity contribution < 1.29 is 9.13 Å². The van der Waals surface area contributed by atoms with E-state index < -0.39 is 6.17 Å². The van der Waals surface area contributed by atoms with Gasteiger partial charge in [-0.1, -0.05) is 0 Å².